The molecule has 12 heavy (non-hydrogen) atoms. The highest BCUT2D eigenvalue weighted by atomic mass is 16.4. The number of carbonyl (C=O) groups is 2. The number of aliphatic carboxylic acids is 1. The van der Waals surface area contributed by atoms with Gasteiger partial charge in [-0.15, -0.1) is 0 Å². The van der Waals surface area contributed by atoms with E-state index < -0.39 is 24.6 Å². The fourth-order valence-corrected chi connectivity index (χ4v) is 0.577. The van der Waals surface area contributed by atoms with Gasteiger partial charge >= 0.3 is 12.0 Å². The molecule has 0 saturated heterocycles. The molecule has 0 aliphatic carbocycles. The monoisotopic (exact) mass is 178 g/mol. The predicted octanol–water partition coefficient (Wildman–Crippen LogP) is -2.81. The quantitative estimate of drug-likeness (QED) is 0.232. The molecule has 70 valence electrons. The number of amides is 2. The Hall–Kier alpha value is -1.38. The molecule has 0 spiro atoms. The van der Waals surface area contributed by atoms with Gasteiger partial charge in [0.05, 0.1) is 6.61 Å². The summed E-state index contributed by atoms with van der Waals surface area (Å²) in [7, 11) is 0. The van der Waals surface area contributed by atoms with Gasteiger partial charge in [0.2, 0.25) is 0 Å². The number of nitrogens with one attached hydrogen (secondary N) is 1. The zero-order chi connectivity index (χ0) is 9.72. The lowest BCUT2D eigenvalue weighted by Gasteiger charge is -2.23. The molecule has 7 N–H and O–H groups in total. The summed E-state index contributed by atoms with van der Waals surface area (Å²) in [5.41, 5.74) is 6.48. The fourth-order valence-electron chi connectivity index (χ4n) is 0.577. The van der Waals surface area contributed by atoms with E-state index in [2.05, 4.69) is 0 Å². The number of aliphatic hydroxyl groups excluding tert-OH is 1. The van der Waals surface area contributed by atoms with Crippen molar-refractivity contribution < 1.29 is 19.8 Å². The minimum atomic E-state index is -1.48. The number of primary amides is 1. The van der Waals surface area contributed by atoms with Crippen LogP contribution in [0.25, 0.3) is 0 Å². The van der Waals surface area contributed by atoms with Crippen LogP contribution < -0.4 is 17.1 Å². The number of nitrogens with zero attached hydrogens (tertiary/aromatic N) is 1. The zero-order valence-electron chi connectivity index (χ0n) is 6.10. The molecular weight excluding hydrogens is 168 g/mol. The van der Waals surface area contributed by atoms with Crippen LogP contribution in [-0.4, -0.2) is 39.9 Å². The number of carbonyl (C=O) groups excluding carboxylic acids is 1. The van der Waals surface area contributed by atoms with Gasteiger partial charge in [-0.05, 0) is 0 Å². The first-order valence-corrected chi connectivity index (χ1v) is 2.93. The molecule has 0 aliphatic heterocycles. The molecule has 0 aliphatic rings. The van der Waals surface area contributed by atoms with Crippen molar-refractivity contribution in [1.82, 2.24) is 10.5 Å². The van der Waals surface area contributed by atoms with Crippen LogP contribution in [0, 0.1) is 0 Å². The molecule has 0 aromatic heterocycles. The lowest BCUT2D eigenvalue weighted by atomic mass is 10.3. The van der Waals surface area contributed by atoms with Crippen molar-refractivity contribution in [2.45, 2.75) is 6.04 Å². The summed E-state index contributed by atoms with van der Waals surface area (Å²) in [6.45, 7) is -0.775. The molecule has 0 fully saturated rings. The minimum absolute atomic E-state index is 0.405. The molecular formula is C4H10N4O4. The van der Waals surface area contributed by atoms with E-state index in [1.54, 1.807) is 5.53 Å². The van der Waals surface area contributed by atoms with Crippen LogP contribution in [0.5, 0.6) is 0 Å². The topological polar surface area (TPSA) is 142 Å². The van der Waals surface area contributed by atoms with Gasteiger partial charge in [0, 0.05) is 0 Å². The van der Waals surface area contributed by atoms with E-state index in [9.17, 15) is 9.59 Å². The highest BCUT2D eigenvalue weighted by Gasteiger charge is 2.26. The lowest BCUT2D eigenvalue weighted by Crippen LogP contribution is -2.58. The molecule has 8 heteroatoms. The first-order chi connectivity index (χ1) is 5.54. The molecule has 2 amide bonds. The van der Waals surface area contributed by atoms with E-state index in [4.69, 9.17) is 21.8 Å². The smallest absolute Gasteiger partial charge is 0.331 e. The van der Waals surface area contributed by atoms with Crippen molar-refractivity contribution in [2.75, 3.05) is 6.61 Å². The maximum atomic E-state index is 10.5. The Balaban J connectivity index is 4.44. The van der Waals surface area contributed by atoms with Gasteiger partial charge in [-0.2, -0.15) is 5.53 Å². The standard InChI is InChI=1S/C4H10N4O4/c5-4(12)8(7-6)2(1-9)3(10)11/h2,7,9H,1,6H2,(H2,5,12)(H,10,11). The fraction of sp³-hybridized carbons (Fsp3) is 0.500. The number of rotatable bonds is 4. The zero-order valence-corrected chi connectivity index (χ0v) is 6.10. The van der Waals surface area contributed by atoms with Crippen LogP contribution in [-0.2, 0) is 4.79 Å². The lowest BCUT2D eigenvalue weighted by molar-refractivity contribution is -0.144. The number of hydrogen-bond donors (Lipinski definition) is 5. The van der Waals surface area contributed by atoms with Crippen molar-refractivity contribution in [1.29, 1.82) is 0 Å². The van der Waals surface area contributed by atoms with Crippen LogP contribution in [0.1, 0.15) is 0 Å². The van der Waals surface area contributed by atoms with E-state index >= 15 is 0 Å². The highest BCUT2D eigenvalue weighted by Crippen LogP contribution is 1.93. The summed E-state index contributed by atoms with van der Waals surface area (Å²) in [5, 5.41) is 17.3. The van der Waals surface area contributed by atoms with E-state index in [0.29, 0.717) is 5.01 Å². The molecule has 1 atom stereocenters. The van der Waals surface area contributed by atoms with Gasteiger partial charge in [0.25, 0.3) is 0 Å². The first-order valence-electron chi connectivity index (χ1n) is 2.93. The van der Waals surface area contributed by atoms with E-state index in [1.165, 1.54) is 0 Å². The summed E-state index contributed by atoms with van der Waals surface area (Å²) < 4.78 is 0. The van der Waals surface area contributed by atoms with Crippen LogP contribution in [0.2, 0.25) is 0 Å². The SMILES string of the molecule is NNN(C(N)=O)C(CO)C(=O)O. The second-order valence-corrected chi connectivity index (χ2v) is 1.87. The average molecular weight is 178 g/mol. The molecule has 0 rings (SSSR count). The van der Waals surface area contributed by atoms with Crippen LogP contribution >= 0.6 is 0 Å². The summed E-state index contributed by atoms with van der Waals surface area (Å²) >= 11 is 0. The van der Waals surface area contributed by atoms with Crippen molar-refractivity contribution in [3.05, 3.63) is 0 Å². The van der Waals surface area contributed by atoms with Crippen molar-refractivity contribution in [3.63, 3.8) is 0 Å². The Morgan fingerprint density at radius 1 is 1.58 bits per heavy atom. The molecule has 0 bridgehead atoms. The third kappa shape index (κ3) is 2.34. The van der Waals surface area contributed by atoms with E-state index in [1.807, 2.05) is 0 Å². The summed E-state index contributed by atoms with van der Waals surface area (Å²) in [5.74, 6) is 3.38. The Labute approximate surface area is 67.7 Å². The predicted molar refractivity (Wildman–Crippen MR) is 37.3 cm³/mol. The molecule has 0 aromatic carbocycles. The number of urea groups is 1. The number of hydrogen-bond acceptors (Lipinski definition) is 5. The summed E-state index contributed by atoms with van der Waals surface area (Å²) in [6.07, 6.45) is 0. The third-order valence-corrected chi connectivity index (χ3v) is 1.15. The van der Waals surface area contributed by atoms with Crippen LogP contribution in [0.3, 0.4) is 0 Å². The van der Waals surface area contributed by atoms with Crippen molar-refractivity contribution in [2.24, 2.45) is 11.6 Å². The van der Waals surface area contributed by atoms with E-state index in [-0.39, 0.29) is 0 Å². The molecule has 0 aromatic rings. The number of nitrogens with two attached hydrogens (primary N) is 2. The molecule has 1 unspecified atom stereocenters. The number of aliphatic hydroxyl groups is 1. The second kappa shape index (κ2) is 4.49. The summed E-state index contributed by atoms with van der Waals surface area (Å²) in [4.78, 5) is 20.8. The maximum absolute atomic E-state index is 10.5. The average Bonchev–Trinajstić information content (AvgIpc) is 1.98. The Morgan fingerprint density at radius 3 is 2.17 bits per heavy atom. The van der Waals surface area contributed by atoms with Crippen molar-refractivity contribution >= 4 is 12.0 Å². The van der Waals surface area contributed by atoms with Gasteiger partial charge in [-0.3, -0.25) is 5.84 Å². The van der Waals surface area contributed by atoms with Gasteiger partial charge in [-0.1, -0.05) is 0 Å². The largest absolute Gasteiger partial charge is 0.480 e. The number of hydrazine groups is 2. The Morgan fingerprint density at radius 2 is 2.08 bits per heavy atom. The number of carboxylic acid groups (broad SMARTS) is 1. The Bertz CT molecular complexity index is 164. The molecule has 0 saturated carbocycles. The number of carboxylic acids is 1. The Kier molecular flexibility index (Phi) is 3.97. The van der Waals surface area contributed by atoms with Gasteiger partial charge in [0.1, 0.15) is 0 Å². The highest BCUT2D eigenvalue weighted by molar-refractivity contribution is 5.81. The van der Waals surface area contributed by atoms with Gasteiger partial charge in [0.15, 0.2) is 6.04 Å². The van der Waals surface area contributed by atoms with Crippen molar-refractivity contribution in [3.8, 4) is 0 Å². The van der Waals surface area contributed by atoms with Gasteiger partial charge < -0.3 is 15.9 Å². The van der Waals surface area contributed by atoms with Gasteiger partial charge in [-0.25, -0.2) is 14.6 Å². The normalized spacial score (nSPS) is 12.2. The first kappa shape index (κ1) is 10.6. The third-order valence-electron chi connectivity index (χ3n) is 1.15. The summed E-state index contributed by atoms with van der Waals surface area (Å²) in [6, 6.07) is -2.56. The maximum Gasteiger partial charge on any atom is 0.331 e. The second-order valence-electron chi connectivity index (χ2n) is 1.87. The van der Waals surface area contributed by atoms with Crippen LogP contribution in [0.4, 0.5) is 4.79 Å². The van der Waals surface area contributed by atoms with Crippen LogP contribution in [0.15, 0.2) is 0 Å². The molecule has 0 heterocycles. The molecule has 0 radical (unpaired) electrons. The molecule has 8 nitrogen and oxygen atoms in total. The van der Waals surface area contributed by atoms with E-state index in [0.717, 1.165) is 0 Å². The minimum Gasteiger partial charge on any atom is -0.480 e.